The van der Waals surface area contributed by atoms with Gasteiger partial charge in [0.1, 0.15) is 0 Å². The number of amides is 3. The Balaban J connectivity index is 2.30. The van der Waals surface area contributed by atoms with Gasteiger partial charge in [-0.1, -0.05) is 36.4 Å². The van der Waals surface area contributed by atoms with Gasteiger partial charge in [0.2, 0.25) is 5.91 Å². The molecule has 0 spiro atoms. The highest BCUT2D eigenvalue weighted by Crippen LogP contribution is 2.19. The Morgan fingerprint density at radius 3 is 2.15 bits per heavy atom. The van der Waals surface area contributed by atoms with Gasteiger partial charge in [-0.15, -0.1) is 0 Å². The maximum atomic E-state index is 12.8. The zero-order valence-corrected chi connectivity index (χ0v) is 15.2. The van der Waals surface area contributed by atoms with E-state index in [4.69, 9.17) is 5.73 Å². The molecule has 0 saturated carbocycles. The molecule has 0 fully saturated rings. The van der Waals surface area contributed by atoms with Crippen LogP contribution < -0.4 is 10.6 Å². The van der Waals surface area contributed by atoms with Gasteiger partial charge in [0, 0.05) is 25.2 Å². The minimum Gasteiger partial charge on any atom is -0.399 e. The predicted octanol–water partition coefficient (Wildman–Crippen LogP) is 2.59. The Bertz CT molecular complexity index is 803. The van der Waals surface area contributed by atoms with Crippen LogP contribution in [-0.2, 0) is 20.9 Å². The normalized spacial score (nSPS) is 10.5. The average Bonchev–Trinajstić information content (AvgIpc) is 2.59. The minimum absolute atomic E-state index is 0.207. The van der Waals surface area contributed by atoms with Crippen molar-refractivity contribution >= 4 is 29.1 Å². The van der Waals surface area contributed by atoms with Gasteiger partial charge in [-0.05, 0) is 37.6 Å². The van der Waals surface area contributed by atoms with Gasteiger partial charge in [-0.2, -0.15) is 0 Å². The molecule has 136 valence electrons. The van der Waals surface area contributed by atoms with Crippen molar-refractivity contribution in [3.8, 4) is 0 Å². The molecule has 0 bridgehead atoms. The Labute approximate surface area is 153 Å². The number of rotatable bonds is 4. The molecule has 2 N–H and O–H groups in total. The van der Waals surface area contributed by atoms with Crippen LogP contribution in [0.15, 0.2) is 54.6 Å². The number of hydrogen-bond acceptors (Lipinski definition) is 4. The molecular weight excluding hydrogens is 330 g/mol. The fraction of sp³-hybridized carbons (Fsp3) is 0.250. The van der Waals surface area contributed by atoms with Gasteiger partial charge in [-0.3, -0.25) is 14.4 Å². The van der Waals surface area contributed by atoms with Crippen molar-refractivity contribution in [3.63, 3.8) is 0 Å². The van der Waals surface area contributed by atoms with Crippen LogP contribution in [-0.4, -0.2) is 28.7 Å². The third-order valence-electron chi connectivity index (χ3n) is 3.91. The fourth-order valence-electron chi connectivity index (χ4n) is 2.59. The van der Waals surface area contributed by atoms with Crippen molar-refractivity contribution in [1.29, 1.82) is 0 Å². The van der Waals surface area contributed by atoms with Crippen LogP contribution in [0.5, 0.6) is 0 Å². The summed E-state index contributed by atoms with van der Waals surface area (Å²) in [6.45, 7) is 5.18. The number of benzene rings is 2. The van der Waals surface area contributed by atoms with E-state index in [1.165, 1.54) is 17.9 Å². The maximum Gasteiger partial charge on any atom is 0.323 e. The number of imide groups is 1. The van der Waals surface area contributed by atoms with Gasteiger partial charge < -0.3 is 10.6 Å². The minimum atomic E-state index is -0.896. The molecule has 6 heteroatoms. The SMILES string of the molecule is CC(=O)N(C(=O)C(=O)N(Cc1ccccc1)C(C)C)c1cccc(N)c1. The topological polar surface area (TPSA) is 83.7 Å². The van der Waals surface area contributed by atoms with Crippen LogP contribution in [0.25, 0.3) is 0 Å². The van der Waals surface area contributed by atoms with E-state index in [0.717, 1.165) is 10.5 Å². The molecule has 0 heterocycles. The summed E-state index contributed by atoms with van der Waals surface area (Å²) in [4.78, 5) is 40.0. The van der Waals surface area contributed by atoms with E-state index in [2.05, 4.69) is 0 Å². The summed E-state index contributed by atoms with van der Waals surface area (Å²) in [7, 11) is 0. The van der Waals surface area contributed by atoms with Crippen LogP contribution in [0.2, 0.25) is 0 Å². The summed E-state index contributed by atoms with van der Waals surface area (Å²) in [6, 6.07) is 15.5. The first-order valence-electron chi connectivity index (χ1n) is 8.36. The van der Waals surface area contributed by atoms with Crippen molar-refractivity contribution in [2.75, 3.05) is 10.6 Å². The van der Waals surface area contributed by atoms with E-state index >= 15 is 0 Å². The van der Waals surface area contributed by atoms with Gasteiger partial charge in [-0.25, -0.2) is 4.90 Å². The van der Waals surface area contributed by atoms with Crippen LogP contribution in [0.3, 0.4) is 0 Å². The first-order valence-corrected chi connectivity index (χ1v) is 8.36. The lowest BCUT2D eigenvalue weighted by Gasteiger charge is -2.28. The summed E-state index contributed by atoms with van der Waals surface area (Å²) in [5, 5.41) is 0. The second kappa shape index (κ2) is 8.29. The molecule has 3 amide bonds. The van der Waals surface area contributed by atoms with E-state index in [1.807, 2.05) is 44.2 Å². The van der Waals surface area contributed by atoms with Crippen molar-refractivity contribution in [1.82, 2.24) is 4.90 Å². The number of hydrogen-bond donors (Lipinski definition) is 1. The van der Waals surface area contributed by atoms with E-state index in [-0.39, 0.29) is 18.3 Å². The van der Waals surface area contributed by atoms with Gasteiger partial charge in [0.15, 0.2) is 0 Å². The third-order valence-corrected chi connectivity index (χ3v) is 3.91. The van der Waals surface area contributed by atoms with Crippen molar-refractivity contribution in [3.05, 3.63) is 60.2 Å². The molecule has 0 radical (unpaired) electrons. The molecule has 2 aromatic carbocycles. The molecule has 26 heavy (non-hydrogen) atoms. The molecule has 0 aliphatic heterocycles. The van der Waals surface area contributed by atoms with Crippen LogP contribution in [0.1, 0.15) is 26.3 Å². The van der Waals surface area contributed by atoms with Gasteiger partial charge in [0.25, 0.3) is 0 Å². The smallest absolute Gasteiger partial charge is 0.323 e. The number of nitrogens with zero attached hydrogens (tertiary/aromatic N) is 2. The van der Waals surface area contributed by atoms with Crippen LogP contribution in [0.4, 0.5) is 11.4 Å². The second-order valence-corrected chi connectivity index (χ2v) is 6.27. The predicted molar refractivity (Wildman–Crippen MR) is 101 cm³/mol. The van der Waals surface area contributed by atoms with Crippen molar-refractivity contribution in [2.45, 2.75) is 33.4 Å². The molecule has 6 nitrogen and oxygen atoms in total. The summed E-state index contributed by atoms with van der Waals surface area (Å²) >= 11 is 0. The largest absolute Gasteiger partial charge is 0.399 e. The molecule has 0 atom stereocenters. The first-order chi connectivity index (χ1) is 12.3. The molecular formula is C20H23N3O3. The molecule has 0 saturated heterocycles. The quantitative estimate of drug-likeness (QED) is 0.676. The number of anilines is 2. The van der Waals surface area contributed by atoms with E-state index < -0.39 is 17.7 Å². The number of carbonyl (C=O) groups excluding carboxylic acids is 3. The molecule has 2 aromatic rings. The lowest BCUT2D eigenvalue weighted by molar-refractivity contribution is -0.147. The molecule has 0 unspecified atom stereocenters. The summed E-state index contributed by atoms with van der Waals surface area (Å²) in [6.07, 6.45) is 0. The van der Waals surface area contributed by atoms with Gasteiger partial charge in [0.05, 0.1) is 5.69 Å². The summed E-state index contributed by atoms with van der Waals surface area (Å²) < 4.78 is 0. The lowest BCUT2D eigenvalue weighted by atomic mass is 10.1. The maximum absolute atomic E-state index is 12.8. The van der Waals surface area contributed by atoms with E-state index in [1.54, 1.807) is 18.2 Å². The van der Waals surface area contributed by atoms with Crippen LogP contribution in [0, 0.1) is 0 Å². The lowest BCUT2D eigenvalue weighted by Crippen LogP contribution is -2.49. The second-order valence-electron chi connectivity index (χ2n) is 6.27. The number of carbonyl (C=O) groups is 3. The number of nitrogens with two attached hydrogens (primary N) is 1. The Morgan fingerprint density at radius 1 is 0.962 bits per heavy atom. The first kappa shape index (κ1) is 19.2. The summed E-state index contributed by atoms with van der Waals surface area (Å²) in [5.74, 6) is -2.17. The molecule has 2 rings (SSSR count). The fourth-order valence-corrected chi connectivity index (χ4v) is 2.59. The van der Waals surface area contributed by atoms with Crippen LogP contribution >= 0.6 is 0 Å². The zero-order valence-electron chi connectivity index (χ0n) is 15.2. The van der Waals surface area contributed by atoms with Gasteiger partial charge >= 0.3 is 11.8 Å². The van der Waals surface area contributed by atoms with Crippen molar-refractivity contribution < 1.29 is 14.4 Å². The third kappa shape index (κ3) is 4.47. The Morgan fingerprint density at radius 2 is 1.62 bits per heavy atom. The van der Waals surface area contributed by atoms with Crippen molar-refractivity contribution in [2.24, 2.45) is 0 Å². The molecule has 0 aliphatic carbocycles. The average molecular weight is 353 g/mol. The molecule has 0 aromatic heterocycles. The highest BCUT2D eigenvalue weighted by atomic mass is 16.2. The highest BCUT2D eigenvalue weighted by Gasteiger charge is 2.32. The molecule has 0 aliphatic rings. The number of nitrogen functional groups attached to an aromatic ring is 1. The Hall–Kier alpha value is -3.15. The Kier molecular flexibility index (Phi) is 6.11. The zero-order chi connectivity index (χ0) is 19.3. The van der Waals surface area contributed by atoms with E-state index in [9.17, 15) is 14.4 Å². The van der Waals surface area contributed by atoms with E-state index in [0.29, 0.717) is 5.69 Å². The summed E-state index contributed by atoms with van der Waals surface area (Å²) in [5.41, 5.74) is 7.32. The monoisotopic (exact) mass is 353 g/mol. The standard InChI is InChI=1S/C20H23N3O3/c1-14(2)22(13-16-8-5-4-6-9-16)19(25)20(26)23(15(3)24)18-11-7-10-17(21)12-18/h4-12,14H,13,21H2,1-3H3. The highest BCUT2D eigenvalue weighted by molar-refractivity contribution is 6.45.